The van der Waals surface area contributed by atoms with Crippen molar-refractivity contribution in [1.29, 1.82) is 0 Å². The van der Waals surface area contributed by atoms with Gasteiger partial charge in [-0.2, -0.15) is 0 Å². The first-order chi connectivity index (χ1) is 7.24. The number of rotatable bonds is 6. The van der Waals surface area contributed by atoms with E-state index in [4.69, 9.17) is 0 Å². The highest BCUT2D eigenvalue weighted by molar-refractivity contribution is 7.05. The van der Waals surface area contributed by atoms with Gasteiger partial charge in [0.2, 0.25) is 0 Å². The number of nitrogens with one attached hydrogen (secondary N) is 1. The van der Waals surface area contributed by atoms with Gasteiger partial charge in [-0.05, 0) is 30.4 Å². The van der Waals surface area contributed by atoms with E-state index in [0.717, 1.165) is 18.7 Å². The van der Waals surface area contributed by atoms with Gasteiger partial charge in [0.15, 0.2) is 0 Å². The molecule has 2 unspecified atom stereocenters. The van der Waals surface area contributed by atoms with Gasteiger partial charge in [0.1, 0.15) is 0 Å². The fourth-order valence-corrected chi connectivity index (χ4v) is 2.65. The van der Waals surface area contributed by atoms with Crippen molar-refractivity contribution in [2.24, 2.45) is 5.92 Å². The van der Waals surface area contributed by atoms with Crippen molar-refractivity contribution in [2.75, 3.05) is 6.54 Å². The Balaban J connectivity index is 2.87. The third-order valence-corrected chi connectivity index (χ3v) is 3.69. The summed E-state index contributed by atoms with van der Waals surface area (Å²) in [6.45, 7) is 9.80. The van der Waals surface area contributed by atoms with Crippen LogP contribution in [0, 0.1) is 5.92 Å². The first kappa shape index (κ1) is 12.6. The van der Waals surface area contributed by atoms with E-state index in [9.17, 15) is 0 Å². The summed E-state index contributed by atoms with van der Waals surface area (Å²) >= 11 is 1.54. The molecule has 2 atom stereocenters. The quantitative estimate of drug-likeness (QED) is 0.812. The van der Waals surface area contributed by atoms with Crippen LogP contribution in [0.4, 0.5) is 0 Å². The Bertz CT molecular complexity index is 285. The molecule has 0 spiro atoms. The van der Waals surface area contributed by atoms with Gasteiger partial charge in [-0.25, -0.2) is 0 Å². The predicted octanol–water partition coefficient (Wildman–Crippen LogP) is 2.80. The van der Waals surface area contributed by atoms with Crippen LogP contribution >= 0.6 is 11.5 Å². The molecule has 3 nitrogen and oxygen atoms in total. The minimum absolute atomic E-state index is 0.426. The van der Waals surface area contributed by atoms with Crippen LogP contribution in [0.15, 0.2) is 0 Å². The number of hydrogen-bond acceptors (Lipinski definition) is 4. The summed E-state index contributed by atoms with van der Waals surface area (Å²) in [7, 11) is 0. The molecule has 1 N–H and O–H groups in total. The fourth-order valence-electron chi connectivity index (χ4n) is 1.70. The maximum atomic E-state index is 4.18. The minimum Gasteiger partial charge on any atom is -0.309 e. The summed E-state index contributed by atoms with van der Waals surface area (Å²) in [6.07, 6.45) is 2.16. The Morgan fingerprint density at radius 3 is 2.60 bits per heavy atom. The third-order valence-electron chi connectivity index (χ3n) is 2.84. The van der Waals surface area contributed by atoms with Crippen molar-refractivity contribution in [1.82, 2.24) is 14.9 Å². The molecule has 1 aromatic rings. The van der Waals surface area contributed by atoms with E-state index in [1.807, 2.05) is 0 Å². The van der Waals surface area contributed by atoms with Gasteiger partial charge >= 0.3 is 0 Å². The van der Waals surface area contributed by atoms with Crippen LogP contribution in [0.25, 0.3) is 0 Å². The molecule has 0 aliphatic heterocycles. The van der Waals surface area contributed by atoms with E-state index in [1.54, 1.807) is 11.5 Å². The highest BCUT2D eigenvalue weighted by Crippen LogP contribution is 2.28. The van der Waals surface area contributed by atoms with Crippen LogP contribution in [0.2, 0.25) is 0 Å². The fraction of sp³-hybridized carbons (Fsp3) is 0.818. The standard InChI is InChI=1S/C11H21N3S/c1-5-8(4)10(12-7-3)11-9(6-2)13-14-15-11/h8,10,12H,5-7H2,1-4H3. The zero-order chi connectivity index (χ0) is 11.3. The highest BCUT2D eigenvalue weighted by atomic mass is 32.1. The summed E-state index contributed by atoms with van der Waals surface area (Å²) in [6, 6.07) is 0.426. The van der Waals surface area contributed by atoms with Gasteiger partial charge in [-0.3, -0.25) is 0 Å². The Labute approximate surface area is 96.5 Å². The Morgan fingerprint density at radius 1 is 1.33 bits per heavy atom. The van der Waals surface area contributed by atoms with Crippen LogP contribution in [-0.2, 0) is 6.42 Å². The normalized spacial score (nSPS) is 15.2. The summed E-state index contributed by atoms with van der Waals surface area (Å²) < 4.78 is 4.06. The van der Waals surface area contributed by atoms with Gasteiger partial charge < -0.3 is 5.32 Å². The van der Waals surface area contributed by atoms with Gasteiger partial charge in [0, 0.05) is 6.04 Å². The molecule has 0 fully saturated rings. The van der Waals surface area contributed by atoms with Crippen molar-refractivity contribution < 1.29 is 0 Å². The lowest BCUT2D eigenvalue weighted by molar-refractivity contribution is 0.387. The molecule has 0 aliphatic rings. The van der Waals surface area contributed by atoms with E-state index in [0.29, 0.717) is 12.0 Å². The lowest BCUT2D eigenvalue weighted by Crippen LogP contribution is -2.26. The maximum absolute atomic E-state index is 4.18. The van der Waals surface area contributed by atoms with Gasteiger partial charge in [0.25, 0.3) is 0 Å². The highest BCUT2D eigenvalue weighted by Gasteiger charge is 2.22. The van der Waals surface area contributed by atoms with Crippen LogP contribution in [0.3, 0.4) is 0 Å². The molecule has 0 radical (unpaired) electrons. The Morgan fingerprint density at radius 2 is 2.07 bits per heavy atom. The van der Waals surface area contributed by atoms with Crippen LogP contribution in [0.5, 0.6) is 0 Å². The SMILES string of the molecule is CCNC(c1snnc1CC)C(C)CC. The lowest BCUT2D eigenvalue weighted by atomic mass is 9.96. The average molecular weight is 227 g/mol. The summed E-state index contributed by atoms with van der Waals surface area (Å²) in [5.41, 5.74) is 1.16. The Hall–Kier alpha value is -0.480. The molecular weight excluding hydrogens is 206 g/mol. The summed E-state index contributed by atoms with van der Waals surface area (Å²) in [5.74, 6) is 0.637. The van der Waals surface area contributed by atoms with Crippen molar-refractivity contribution in [3.05, 3.63) is 10.6 Å². The zero-order valence-corrected chi connectivity index (χ0v) is 10.9. The number of aromatic nitrogens is 2. The predicted molar refractivity (Wildman–Crippen MR) is 65.2 cm³/mol. The average Bonchev–Trinajstić information content (AvgIpc) is 2.72. The second-order valence-electron chi connectivity index (χ2n) is 3.86. The van der Waals surface area contributed by atoms with Gasteiger partial charge in [0.05, 0.1) is 10.6 Å². The van der Waals surface area contributed by atoms with E-state index in [-0.39, 0.29) is 0 Å². The maximum Gasteiger partial charge on any atom is 0.0801 e. The van der Waals surface area contributed by atoms with E-state index < -0.39 is 0 Å². The first-order valence-electron chi connectivity index (χ1n) is 5.79. The van der Waals surface area contributed by atoms with Crippen LogP contribution in [-0.4, -0.2) is 16.1 Å². The molecule has 4 heteroatoms. The molecule has 0 amide bonds. The number of nitrogens with zero attached hydrogens (tertiary/aromatic N) is 2. The number of hydrogen-bond donors (Lipinski definition) is 1. The molecule has 86 valence electrons. The smallest absolute Gasteiger partial charge is 0.0801 e. The molecular formula is C11H21N3S. The molecule has 15 heavy (non-hydrogen) atoms. The number of aryl methyl sites for hydroxylation is 1. The molecule has 0 aliphatic carbocycles. The van der Waals surface area contributed by atoms with Gasteiger partial charge in [-0.15, -0.1) is 5.10 Å². The second kappa shape index (κ2) is 6.18. The summed E-state index contributed by atoms with van der Waals surface area (Å²) in [5, 5.41) is 7.72. The van der Waals surface area contributed by atoms with Crippen molar-refractivity contribution >= 4 is 11.5 Å². The molecule has 0 saturated carbocycles. The summed E-state index contributed by atoms with van der Waals surface area (Å²) in [4.78, 5) is 1.33. The monoisotopic (exact) mass is 227 g/mol. The van der Waals surface area contributed by atoms with Crippen LogP contribution in [0.1, 0.15) is 50.7 Å². The first-order valence-corrected chi connectivity index (χ1v) is 6.56. The molecule has 0 aromatic carbocycles. The van der Waals surface area contributed by atoms with E-state index in [1.165, 1.54) is 11.3 Å². The molecule has 1 rings (SSSR count). The van der Waals surface area contributed by atoms with Crippen LogP contribution < -0.4 is 5.32 Å². The minimum atomic E-state index is 0.426. The molecule has 0 saturated heterocycles. The van der Waals surface area contributed by atoms with E-state index in [2.05, 4.69) is 42.6 Å². The van der Waals surface area contributed by atoms with Crippen molar-refractivity contribution in [2.45, 2.75) is 46.6 Å². The molecule has 1 heterocycles. The second-order valence-corrected chi connectivity index (χ2v) is 4.64. The topological polar surface area (TPSA) is 37.8 Å². The molecule has 0 bridgehead atoms. The lowest BCUT2D eigenvalue weighted by Gasteiger charge is -2.22. The zero-order valence-electron chi connectivity index (χ0n) is 10.1. The van der Waals surface area contributed by atoms with E-state index >= 15 is 0 Å². The van der Waals surface area contributed by atoms with Gasteiger partial charge in [-0.1, -0.05) is 38.6 Å². The largest absolute Gasteiger partial charge is 0.309 e. The molecule has 1 aromatic heterocycles. The Kier molecular flexibility index (Phi) is 5.19. The third kappa shape index (κ3) is 2.98. The van der Waals surface area contributed by atoms with Crippen molar-refractivity contribution in [3.63, 3.8) is 0 Å². The van der Waals surface area contributed by atoms with Crippen molar-refractivity contribution in [3.8, 4) is 0 Å².